The van der Waals surface area contributed by atoms with Gasteiger partial charge < -0.3 is 21.5 Å². The molecule has 0 aliphatic rings. The van der Waals surface area contributed by atoms with E-state index >= 15 is 0 Å². The van der Waals surface area contributed by atoms with E-state index in [1.165, 1.54) is 19.2 Å². The molecule has 0 aromatic heterocycles. The van der Waals surface area contributed by atoms with Crippen LogP contribution in [0.15, 0.2) is 24.3 Å². The van der Waals surface area contributed by atoms with E-state index in [-0.39, 0.29) is 17.6 Å². The van der Waals surface area contributed by atoms with Gasteiger partial charge in [0.15, 0.2) is 0 Å². The number of hydrogen-bond donors (Lipinski definition) is 4. The van der Waals surface area contributed by atoms with Crippen LogP contribution in [0.3, 0.4) is 0 Å². The Kier molecular flexibility index (Phi) is 5.32. The Morgan fingerprint density at radius 2 is 1.84 bits per heavy atom. The second-order valence-corrected chi connectivity index (χ2v) is 4.32. The van der Waals surface area contributed by atoms with Crippen LogP contribution < -0.4 is 16.4 Å². The van der Waals surface area contributed by atoms with Crippen LogP contribution in [-0.2, 0) is 16.0 Å². The zero-order valence-corrected chi connectivity index (χ0v) is 11.0. The number of nitrogens with two attached hydrogens (primary N) is 1. The molecule has 6 heteroatoms. The molecule has 1 aromatic carbocycles. The number of carbonyl (C=O) groups is 2. The molecule has 6 nitrogen and oxygen atoms in total. The molecule has 0 saturated carbocycles. The number of carbonyl (C=O) groups excluding carboxylic acids is 2. The van der Waals surface area contributed by atoms with Crippen LogP contribution in [0.1, 0.15) is 12.5 Å². The van der Waals surface area contributed by atoms with Gasteiger partial charge in [-0.15, -0.1) is 0 Å². The third kappa shape index (κ3) is 4.59. The minimum absolute atomic E-state index is 0.162. The lowest BCUT2D eigenvalue weighted by Crippen LogP contribution is -2.50. The normalized spacial score (nSPS) is 13.4. The van der Waals surface area contributed by atoms with E-state index in [4.69, 9.17) is 10.8 Å². The lowest BCUT2D eigenvalue weighted by Gasteiger charge is -2.16. The number of likely N-dealkylation sites (N-methyl/N-ethyl adjacent to an activating group) is 1. The van der Waals surface area contributed by atoms with Crippen LogP contribution in [-0.4, -0.2) is 36.1 Å². The SMILES string of the molecule is CNC(=O)C(C)NC(=O)[C@@H](N)Cc1ccc(O)cc1. The molecular weight excluding hydrogens is 246 g/mol. The second kappa shape index (κ2) is 6.75. The smallest absolute Gasteiger partial charge is 0.242 e. The fourth-order valence-corrected chi connectivity index (χ4v) is 1.58. The highest BCUT2D eigenvalue weighted by molar-refractivity contribution is 5.89. The quantitative estimate of drug-likeness (QED) is 0.576. The van der Waals surface area contributed by atoms with E-state index in [1.54, 1.807) is 19.1 Å². The van der Waals surface area contributed by atoms with Gasteiger partial charge in [0.2, 0.25) is 11.8 Å². The third-order valence-corrected chi connectivity index (χ3v) is 2.73. The first kappa shape index (κ1) is 15.0. The summed E-state index contributed by atoms with van der Waals surface area (Å²) in [6, 6.07) is 5.11. The first-order valence-electron chi connectivity index (χ1n) is 5.99. The summed E-state index contributed by atoms with van der Waals surface area (Å²) in [5, 5.41) is 14.1. The van der Waals surface area contributed by atoms with Gasteiger partial charge >= 0.3 is 0 Å². The highest BCUT2D eigenvalue weighted by atomic mass is 16.3. The number of hydrogen-bond acceptors (Lipinski definition) is 4. The van der Waals surface area contributed by atoms with Crippen LogP contribution in [0.25, 0.3) is 0 Å². The number of rotatable bonds is 5. The standard InChI is InChI=1S/C13H19N3O3/c1-8(12(18)15-2)16-13(19)11(14)7-9-3-5-10(17)6-4-9/h3-6,8,11,17H,7,14H2,1-2H3,(H,15,18)(H,16,19)/t8?,11-/m0/s1. The molecule has 1 aromatic rings. The molecule has 0 saturated heterocycles. The number of amides is 2. The zero-order valence-electron chi connectivity index (χ0n) is 11.0. The average molecular weight is 265 g/mol. The van der Waals surface area contributed by atoms with Crippen molar-refractivity contribution >= 4 is 11.8 Å². The summed E-state index contributed by atoms with van der Waals surface area (Å²) in [7, 11) is 1.50. The van der Waals surface area contributed by atoms with Crippen LogP contribution >= 0.6 is 0 Å². The Morgan fingerprint density at radius 3 is 2.37 bits per heavy atom. The molecule has 0 heterocycles. The minimum Gasteiger partial charge on any atom is -0.508 e. The molecule has 0 fully saturated rings. The molecule has 1 rings (SSSR count). The van der Waals surface area contributed by atoms with Gasteiger partial charge in [0.05, 0.1) is 6.04 Å². The molecule has 5 N–H and O–H groups in total. The van der Waals surface area contributed by atoms with Crippen molar-refractivity contribution in [2.24, 2.45) is 5.73 Å². The van der Waals surface area contributed by atoms with Crippen LogP contribution in [0.5, 0.6) is 5.75 Å². The van der Waals surface area contributed by atoms with Crippen molar-refractivity contribution in [2.45, 2.75) is 25.4 Å². The summed E-state index contributed by atoms with van der Waals surface area (Å²) in [6.07, 6.45) is 0.340. The van der Waals surface area contributed by atoms with Gasteiger partial charge in [-0.25, -0.2) is 0 Å². The summed E-state index contributed by atoms with van der Waals surface area (Å²) >= 11 is 0. The van der Waals surface area contributed by atoms with Gasteiger partial charge in [0.1, 0.15) is 11.8 Å². The van der Waals surface area contributed by atoms with Crippen LogP contribution in [0.2, 0.25) is 0 Å². The Hall–Kier alpha value is -2.08. The van der Waals surface area contributed by atoms with E-state index < -0.39 is 12.1 Å². The van der Waals surface area contributed by atoms with Crippen molar-refractivity contribution in [1.29, 1.82) is 0 Å². The summed E-state index contributed by atoms with van der Waals surface area (Å²) < 4.78 is 0. The second-order valence-electron chi connectivity index (χ2n) is 4.32. The minimum atomic E-state index is -0.739. The summed E-state index contributed by atoms with van der Waals surface area (Å²) in [4.78, 5) is 23.1. The van der Waals surface area contributed by atoms with Gasteiger partial charge in [-0.3, -0.25) is 9.59 Å². The molecule has 0 radical (unpaired) electrons. The number of aromatic hydroxyl groups is 1. The maximum absolute atomic E-state index is 11.8. The Bertz CT molecular complexity index is 445. The topological polar surface area (TPSA) is 104 Å². The van der Waals surface area contributed by atoms with Gasteiger partial charge in [0, 0.05) is 7.05 Å². The van der Waals surface area contributed by atoms with E-state index in [0.29, 0.717) is 6.42 Å². The largest absolute Gasteiger partial charge is 0.508 e. The molecule has 19 heavy (non-hydrogen) atoms. The number of benzene rings is 1. The monoisotopic (exact) mass is 265 g/mol. The van der Waals surface area contributed by atoms with Crippen molar-refractivity contribution in [3.05, 3.63) is 29.8 Å². The molecule has 0 aliphatic heterocycles. The van der Waals surface area contributed by atoms with Crippen molar-refractivity contribution in [3.8, 4) is 5.75 Å². The van der Waals surface area contributed by atoms with Gasteiger partial charge in [-0.05, 0) is 31.0 Å². The number of phenols is 1. The maximum Gasteiger partial charge on any atom is 0.242 e. The highest BCUT2D eigenvalue weighted by Crippen LogP contribution is 2.10. The number of nitrogens with one attached hydrogen (secondary N) is 2. The van der Waals surface area contributed by atoms with E-state index in [0.717, 1.165) is 5.56 Å². The van der Waals surface area contributed by atoms with E-state index in [1.807, 2.05) is 0 Å². The lowest BCUT2D eigenvalue weighted by atomic mass is 10.1. The molecule has 2 amide bonds. The molecule has 0 aliphatic carbocycles. The van der Waals surface area contributed by atoms with Gasteiger partial charge in [-0.2, -0.15) is 0 Å². The Labute approximate surface area is 112 Å². The fourth-order valence-electron chi connectivity index (χ4n) is 1.58. The summed E-state index contributed by atoms with van der Waals surface area (Å²) in [5.41, 5.74) is 6.61. The maximum atomic E-state index is 11.8. The molecule has 2 atom stereocenters. The summed E-state index contributed by atoms with van der Waals surface area (Å²) in [5.74, 6) is -0.496. The lowest BCUT2D eigenvalue weighted by molar-refractivity contribution is -0.128. The highest BCUT2D eigenvalue weighted by Gasteiger charge is 2.19. The molecule has 1 unspecified atom stereocenters. The molecule has 104 valence electrons. The molecular formula is C13H19N3O3. The average Bonchev–Trinajstić information content (AvgIpc) is 2.40. The van der Waals surface area contributed by atoms with Crippen molar-refractivity contribution < 1.29 is 14.7 Å². The van der Waals surface area contributed by atoms with Crippen LogP contribution in [0, 0.1) is 0 Å². The Morgan fingerprint density at radius 1 is 1.26 bits per heavy atom. The first-order valence-corrected chi connectivity index (χ1v) is 5.99. The molecule has 0 bridgehead atoms. The van der Waals surface area contributed by atoms with Gasteiger partial charge in [-0.1, -0.05) is 12.1 Å². The third-order valence-electron chi connectivity index (χ3n) is 2.73. The van der Waals surface area contributed by atoms with Crippen molar-refractivity contribution in [2.75, 3.05) is 7.05 Å². The Balaban J connectivity index is 2.53. The zero-order chi connectivity index (χ0) is 14.4. The van der Waals surface area contributed by atoms with Gasteiger partial charge in [0.25, 0.3) is 0 Å². The first-order chi connectivity index (χ1) is 8.93. The molecule has 0 spiro atoms. The van der Waals surface area contributed by atoms with E-state index in [2.05, 4.69) is 10.6 Å². The van der Waals surface area contributed by atoms with E-state index in [9.17, 15) is 9.59 Å². The van der Waals surface area contributed by atoms with Crippen molar-refractivity contribution in [1.82, 2.24) is 10.6 Å². The predicted octanol–water partition coefficient (Wildman–Crippen LogP) is -0.487. The fraction of sp³-hybridized carbons (Fsp3) is 0.385. The number of phenolic OH excluding ortho intramolecular Hbond substituents is 1. The van der Waals surface area contributed by atoms with Crippen LogP contribution in [0.4, 0.5) is 0 Å². The van der Waals surface area contributed by atoms with Crippen molar-refractivity contribution in [3.63, 3.8) is 0 Å². The predicted molar refractivity (Wildman–Crippen MR) is 71.5 cm³/mol. The summed E-state index contributed by atoms with van der Waals surface area (Å²) in [6.45, 7) is 1.59.